The van der Waals surface area contributed by atoms with Crippen LogP contribution in [0.4, 0.5) is 0 Å². The van der Waals surface area contributed by atoms with E-state index < -0.39 is 11.4 Å². The highest BCUT2D eigenvalue weighted by Gasteiger charge is 2.47. The van der Waals surface area contributed by atoms with Crippen molar-refractivity contribution in [2.75, 3.05) is 13.7 Å². The zero-order valence-corrected chi connectivity index (χ0v) is 13.4. The molecule has 2 aliphatic rings. The molecule has 126 valence electrons. The molecule has 1 saturated heterocycles. The summed E-state index contributed by atoms with van der Waals surface area (Å²) in [5, 5.41) is 9.42. The van der Waals surface area contributed by atoms with Crippen LogP contribution in [-0.2, 0) is 20.9 Å². The van der Waals surface area contributed by atoms with Gasteiger partial charge in [-0.3, -0.25) is 9.59 Å². The molecule has 2 heterocycles. The van der Waals surface area contributed by atoms with Gasteiger partial charge in [-0.05, 0) is 37.8 Å². The molecule has 3 rings (SSSR count). The minimum absolute atomic E-state index is 0.0701. The molecule has 1 N–H and O–H groups in total. The smallest absolute Gasteiger partial charge is 0.310 e. The SMILES string of the molecule is COCc1ccc(C2CCCN2C(=O)CC2(C(=O)O)CCC2)o1. The predicted octanol–water partition coefficient (Wildman–Crippen LogP) is 2.73. The van der Waals surface area contributed by atoms with Crippen molar-refractivity contribution in [2.45, 2.75) is 51.2 Å². The van der Waals surface area contributed by atoms with Gasteiger partial charge in [0.2, 0.25) is 5.91 Å². The number of furan rings is 1. The molecule has 0 radical (unpaired) electrons. The molecular formula is C17H23NO5. The van der Waals surface area contributed by atoms with E-state index in [0.717, 1.165) is 30.8 Å². The normalized spacial score (nSPS) is 22.8. The fraction of sp³-hybridized carbons (Fsp3) is 0.647. The lowest BCUT2D eigenvalue weighted by Gasteiger charge is -2.38. The van der Waals surface area contributed by atoms with Crippen LogP contribution in [0.2, 0.25) is 0 Å². The molecule has 1 aromatic rings. The second kappa shape index (κ2) is 6.35. The summed E-state index contributed by atoms with van der Waals surface area (Å²) in [7, 11) is 1.61. The van der Waals surface area contributed by atoms with Gasteiger partial charge in [-0.2, -0.15) is 0 Å². The third-order valence-corrected chi connectivity index (χ3v) is 5.12. The minimum Gasteiger partial charge on any atom is -0.481 e. The maximum absolute atomic E-state index is 12.7. The molecule has 1 atom stereocenters. The van der Waals surface area contributed by atoms with Gasteiger partial charge >= 0.3 is 5.97 Å². The van der Waals surface area contributed by atoms with Crippen LogP contribution in [0.3, 0.4) is 0 Å². The van der Waals surface area contributed by atoms with Crippen LogP contribution < -0.4 is 0 Å². The van der Waals surface area contributed by atoms with Gasteiger partial charge in [-0.25, -0.2) is 0 Å². The highest BCUT2D eigenvalue weighted by atomic mass is 16.5. The van der Waals surface area contributed by atoms with Gasteiger partial charge in [0.15, 0.2) is 0 Å². The first-order valence-corrected chi connectivity index (χ1v) is 8.16. The summed E-state index contributed by atoms with van der Waals surface area (Å²) < 4.78 is 10.8. The summed E-state index contributed by atoms with van der Waals surface area (Å²) in [6.07, 6.45) is 3.96. The second-order valence-electron chi connectivity index (χ2n) is 6.60. The molecule has 0 aromatic carbocycles. The number of rotatable bonds is 6. The Labute approximate surface area is 135 Å². The highest BCUT2D eigenvalue weighted by molar-refractivity contribution is 5.86. The molecule has 1 saturated carbocycles. The zero-order chi connectivity index (χ0) is 16.4. The Kier molecular flexibility index (Phi) is 4.43. The molecule has 1 aliphatic carbocycles. The summed E-state index contributed by atoms with van der Waals surface area (Å²) in [4.78, 5) is 25.9. The molecule has 0 spiro atoms. The van der Waals surface area contributed by atoms with E-state index in [9.17, 15) is 14.7 Å². The first-order chi connectivity index (χ1) is 11.1. The molecule has 1 aromatic heterocycles. The van der Waals surface area contributed by atoms with Gasteiger partial charge in [-0.15, -0.1) is 0 Å². The van der Waals surface area contributed by atoms with Crippen molar-refractivity contribution in [3.8, 4) is 0 Å². The third kappa shape index (κ3) is 3.00. The number of methoxy groups -OCH3 is 1. The Morgan fingerprint density at radius 1 is 1.39 bits per heavy atom. The van der Waals surface area contributed by atoms with Gasteiger partial charge in [0.25, 0.3) is 0 Å². The van der Waals surface area contributed by atoms with E-state index in [0.29, 0.717) is 26.0 Å². The van der Waals surface area contributed by atoms with Crippen LogP contribution in [0.1, 0.15) is 56.1 Å². The van der Waals surface area contributed by atoms with Gasteiger partial charge in [0.1, 0.15) is 18.1 Å². The zero-order valence-electron chi connectivity index (χ0n) is 13.4. The number of hydrogen-bond acceptors (Lipinski definition) is 4. The number of hydrogen-bond donors (Lipinski definition) is 1. The largest absolute Gasteiger partial charge is 0.481 e. The molecular weight excluding hydrogens is 298 g/mol. The molecule has 0 bridgehead atoms. The van der Waals surface area contributed by atoms with E-state index in [2.05, 4.69) is 0 Å². The van der Waals surface area contributed by atoms with E-state index in [1.54, 1.807) is 12.0 Å². The topological polar surface area (TPSA) is 80.0 Å². The highest BCUT2D eigenvalue weighted by Crippen LogP contribution is 2.45. The Hall–Kier alpha value is -1.82. The Balaban J connectivity index is 1.70. The number of amides is 1. The summed E-state index contributed by atoms with van der Waals surface area (Å²) >= 11 is 0. The van der Waals surface area contributed by atoms with Crippen LogP contribution >= 0.6 is 0 Å². The van der Waals surface area contributed by atoms with Crippen LogP contribution in [0.25, 0.3) is 0 Å². The number of likely N-dealkylation sites (tertiary alicyclic amines) is 1. The van der Waals surface area contributed by atoms with E-state index in [-0.39, 0.29) is 18.4 Å². The molecule has 6 heteroatoms. The number of carboxylic acid groups (broad SMARTS) is 1. The second-order valence-corrected chi connectivity index (χ2v) is 6.60. The number of carbonyl (C=O) groups is 2. The molecule has 1 aliphatic heterocycles. The lowest BCUT2D eigenvalue weighted by atomic mass is 9.66. The van der Waals surface area contributed by atoms with Gasteiger partial charge in [0, 0.05) is 20.1 Å². The van der Waals surface area contributed by atoms with E-state index in [1.807, 2.05) is 12.1 Å². The van der Waals surface area contributed by atoms with E-state index >= 15 is 0 Å². The quantitative estimate of drug-likeness (QED) is 0.871. The van der Waals surface area contributed by atoms with Crippen LogP contribution in [0.15, 0.2) is 16.5 Å². The molecule has 23 heavy (non-hydrogen) atoms. The summed E-state index contributed by atoms with van der Waals surface area (Å²) in [5.41, 5.74) is -0.839. The van der Waals surface area contributed by atoms with Gasteiger partial charge in [0.05, 0.1) is 11.5 Å². The average molecular weight is 321 g/mol. The number of nitrogens with zero attached hydrogens (tertiary/aromatic N) is 1. The fourth-order valence-electron chi connectivity index (χ4n) is 3.62. The summed E-state index contributed by atoms with van der Waals surface area (Å²) in [6.45, 7) is 1.07. The Bertz CT molecular complexity index is 590. The number of carbonyl (C=O) groups excluding carboxylic acids is 1. The van der Waals surface area contributed by atoms with E-state index in [1.165, 1.54) is 0 Å². The van der Waals surface area contributed by atoms with Crippen LogP contribution in [0.5, 0.6) is 0 Å². The molecule has 6 nitrogen and oxygen atoms in total. The number of carboxylic acids is 1. The van der Waals surface area contributed by atoms with Crippen molar-refractivity contribution in [1.29, 1.82) is 0 Å². The predicted molar refractivity (Wildman–Crippen MR) is 81.6 cm³/mol. The van der Waals surface area contributed by atoms with Gasteiger partial charge < -0.3 is 19.2 Å². The molecule has 1 unspecified atom stereocenters. The first-order valence-electron chi connectivity index (χ1n) is 8.16. The van der Waals surface area contributed by atoms with Crippen LogP contribution in [-0.4, -0.2) is 35.5 Å². The fourth-order valence-corrected chi connectivity index (χ4v) is 3.62. The Morgan fingerprint density at radius 3 is 2.78 bits per heavy atom. The van der Waals surface area contributed by atoms with Crippen molar-refractivity contribution in [3.05, 3.63) is 23.7 Å². The summed E-state index contributed by atoms with van der Waals surface area (Å²) in [6, 6.07) is 3.67. The molecule has 1 amide bonds. The van der Waals surface area contributed by atoms with Crippen molar-refractivity contribution >= 4 is 11.9 Å². The molecule has 2 fully saturated rings. The minimum atomic E-state index is -0.840. The van der Waals surface area contributed by atoms with Crippen molar-refractivity contribution in [3.63, 3.8) is 0 Å². The van der Waals surface area contributed by atoms with Crippen molar-refractivity contribution in [2.24, 2.45) is 5.41 Å². The van der Waals surface area contributed by atoms with Crippen molar-refractivity contribution in [1.82, 2.24) is 4.90 Å². The monoisotopic (exact) mass is 321 g/mol. The van der Waals surface area contributed by atoms with E-state index in [4.69, 9.17) is 9.15 Å². The third-order valence-electron chi connectivity index (χ3n) is 5.12. The lowest BCUT2D eigenvalue weighted by molar-refractivity contribution is -0.159. The van der Waals surface area contributed by atoms with Crippen molar-refractivity contribution < 1.29 is 23.8 Å². The maximum atomic E-state index is 12.7. The lowest BCUT2D eigenvalue weighted by Crippen LogP contribution is -2.43. The first kappa shape index (κ1) is 16.1. The average Bonchev–Trinajstić information content (AvgIpc) is 3.10. The van der Waals surface area contributed by atoms with Crippen LogP contribution in [0, 0.1) is 5.41 Å². The number of aliphatic carboxylic acids is 1. The summed E-state index contributed by atoms with van der Waals surface area (Å²) in [5.74, 6) is 0.594. The number of ether oxygens (including phenoxy) is 1. The maximum Gasteiger partial charge on any atom is 0.310 e. The Morgan fingerprint density at radius 2 is 2.17 bits per heavy atom. The van der Waals surface area contributed by atoms with Gasteiger partial charge in [-0.1, -0.05) is 6.42 Å². The standard InChI is InChI=1S/C17H23NO5/c1-22-11-12-5-6-14(23-12)13-4-2-9-18(13)15(19)10-17(16(20)21)7-3-8-17/h5-6,13H,2-4,7-11H2,1H3,(H,20,21).